The molecule has 0 radical (unpaired) electrons. The number of thiophene rings is 2. The molecule has 0 spiro atoms. The van der Waals surface area contributed by atoms with E-state index < -0.39 is 0 Å². The number of hydrogen-bond acceptors (Lipinski definition) is 3. The molecule has 0 bridgehead atoms. The van der Waals surface area contributed by atoms with E-state index in [9.17, 15) is 0 Å². The molecule has 2 heterocycles. The van der Waals surface area contributed by atoms with Gasteiger partial charge < -0.3 is 4.90 Å². The number of nitrogens with zero attached hydrogens (tertiary/aromatic N) is 1. The second-order valence-corrected chi connectivity index (χ2v) is 14.7. The molecular formula is C46H29NS2. The monoisotopic (exact) mass is 659 g/mol. The highest BCUT2D eigenvalue weighted by Crippen LogP contribution is 2.47. The highest BCUT2D eigenvalue weighted by molar-refractivity contribution is 7.26. The molecule has 0 aliphatic carbocycles. The Balaban J connectivity index is 1.13. The average Bonchev–Trinajstić information content (AvgIpc) is 3.75. The normalized spacial score (nSPS) is 11.7. The summed E-state index contributed by atoms with van der Waals surface area (Å²) < 4.78 is 5.27. The Labute approximate surface area is 292 Å². The number of hydrogen-bond donors (Lipinski definition) is 0. The van der Waals surface area contributed by atoms with Crippen LogP contribution in [0.1, 0.15) is 0 Å². The highest BCUT2D eigenvalue weighted by atomic mass is 32.1. The first kappa shape index (κ1) is 28.3. The van der Waals surface area contributed by atoms with E-state index >= 15 is 0 Å². The largest absolute Gasteiger partial charge is 0.309 e. The molecule has 3 heteroatoms. The Bertz CT molecular complexity index is 2810. The standard InChI is InChI=1S/C46H29NS2/c1-2-9-30(10-3-1)31-17-23-35(24-18-31)47(41-15-8-14-39-45-37-12-5-4-11-33(37)21-28-44(45)49-46(39)41)36-25-19-32(20-26-36)34-22-27-43-40(29-34)38-13-6-7-16-42(38)48-43/h1-29H. The molecular weight excluding hydrogens is 631 g/mol. The van der Waals surface area contributed by atoms with E-state index in [1.807, 2.05) is 22.7 Å². The van der Waals surface area contributed by atoms with Crippen LogP contribution in [0.2, 0.25) is 0 Å². The van der Waals surface area contributed by atoms with Gasteiger partial charge in [-0.05, 0) is 87.6 Å². The van der Waals surface area contributed by atoms with Crippen LogP contribution in [0.15, 0.2) is 176 Å². The lowest BCUT2D eigenvalue weighted by Crippen LogP contribution is -2.10. The Kier molecular flexibility index (Phi) is 6.61. The van der Waals surface area contributed by atoms with E-state index in [1.165, 1.54) is 79.1 Å². The molecule has 10 rings (SSSR count). The van der Waals surface area contributed by atoms with Crippen LogP contribution >= 0.6 is 22.7 Å². The van der Waals surface area contributed by atoms with Crippen molar-refractivity contribution in [3.8, 4) is 22.3 Å². The maximum atomic E-state index is 2.42. The zero-order chi connectivity index (χ0) is 32.3. The molecule has 10 aromatic rings. The minimum atomic E-state index is 1.13. The number of anilines is 3. The molecule has 0 aliphatic heterocycles. The van der Waals surface area contributed by atoms with Crippen molar-refractivity contribution in [3.63, 3.8) is 0 Å². The van der Waals surface area contributed by atoms with Crippen molar-refractivity contribution in [1.29, 1.82) is 0 Å². The lowest BCUT2D eigenvalue weighted by molar-refractivity contribution is 1.30. The van der Waals surface area contributed by atoms with E-state index in [0.29, 0.717) is 0 Å². The first-order valence-electron chi connectivity index (χ1n) is 16.6. The number of benzene rings is 8. The molecule has 8 aromatic carbocycles. The molecule has 0 saturated carbocycles. The van der Waals surface area contributed by atoms with Gasteiger partial charge in [-0.25, -0.2) is 0 Å². The summed E-state index contributed by atoms with van der Waals surface area (Å²) in [5, 5.41) is 7.88. The smallest absolute Gasteiger partial charge is 0.0640 e. The summed E-state index contributed by atoms with van der Waals surface area (Å²) in [6.45, 7) is 0. The second kappa shape index (κ2) is 11.5. The molecule has 2 aromatic heterocycles. The predicted octanol–water partition coefficient (Wildman–Crippen LogP) is 14.4. The van der Waals surface area contributed by atoms with Gasteiger partial charge in [0.1, 0.15) is 0 Å². The second-order valence-electron chi connectivity index (χ2n) is 12.5. The van der Waals surface area contributed by atoms with Gasteiger partial charge in [0.05, 0.1) is 10.4 Å². The van der Waals surface area contributed by atoms with Gasteiger partial charge in [0, 0.05) is 47.0 Å². The molecule has 0 N–H and O–H groups in total. The van der Waals surface area contributed by atoms with E-state index in [0.717, 1.165) is 11.4 Å². The van der Waals surface area contributed by atoms with Crippen molar-refractivity contribution in [2.24, 2.45) is 0 Å². The molecule has 0 amide bonds. The van der Waals surface area contributed by atoms with Crippen molar-refractivity contribution < 1.29 is 0 Å². The van der Waals surface area contributed by atoms with Gasteiger partial charge in [-0.3, -0.25) is 0 Å². The summed E-state index contributed by atoms with van der Waals surface area (Å²) in [6, 6.07) is 64.3. The molecule has 0 aliphatic rings. The molecule has 230 valence electrons. The summed E-state index contributed by atoms with van der Waals surface area (Å²) in [5.41, 5.74) is 8.34. The van der Waals surface area contributed by atoms with Crippen LogP contribution in [0.5, 0.6) is 0 Å². The van der Waals surface area contributed by atoms with Crippen LogP contribution < -0.4 is 4.90 Å². The van der Waals surface area contributed by atoms with Crippen molar-refractivity contribution in [2.75, 3.05) is 4.90 Å². The molecule has 49 heavy (non-hydrogen) atoms. The topological polar surface area (TPSA) is 3.24 Å². The van der Waals surface area contributed by atoms with Crippen LogP contribution in [-0.4, -0.2) is 0 Å². The van der Waals surface area contributed by atoms with Gasteiger partial charge in [-0.1, -0.05) is 121 Å². The quantitative estimate of drug-likeness (QED) is 0.178. The Morgan fingerprint density at radius 2 is 0.939 bits per heavy atom. The molecule has 0 unspecified atom stereocenters. The molecule has 0 fully saturated rings. The Hall–Kier alpha value is -5.74. The Morgan fingerprint density at radius 1 is 0.347 bits per heavy atom. The van der Waals surface area contributed by atoms with Crippen LogP contribution in [0, 0.1) is 0 Å². The lowest BCUT2D eigenvalue weighted by Gasteiger charge is -2.26. The van der Waals surface area contributed by atoms with Crippen molar-refractivity contribution in [1.82, 2.24) is 0 Å². The fourth-order valence-electron chi connectivity index (χ4n) is 7.30. The maximum absolute atomic E-state index is 2.42. The maximum Gasteiger partial charge on any atom is 0.0640 e. The minimum Gasteiger partial charge on any atom is -0.309 e. The fourth-order valence-corrected chi connectivity index (χ4v) is 9.61. The van der Waals surface area contributed by atoms with Gasteiger partial charge in [0.15, 0.2) is 0 Å². The van der Waals surface area contributed by atoms with Gasteiger partial charge >= 0.3 is 0 Å². The highest BCUT2D eigenvalue weighted by Gasteiger charge is 2.19. The van der Waals surface area contributed by atoms with E-state index in [4.69, 9.17) is 0 Å². The Morgan fingerprint density at radius 3 is 1.73 bits per heavy atom. The minimum absolute atomic E-state index is 1.13. The van der Waals surface area contributed by atoms with Gasteiger partial charge in [0.25, 0.3) is 0 Å². The fraction of sp³-hybridized carbons (Fsp3) is 0. The van der Waals surface area contributed by atoms with Crippen LogP contribution in [0.4, 0.5) is 17.1 Å². The zero-order valence-electron chi connectivity index (χ0n) is 26.5. The SMILES string of the molecule is c1ccc(-c2ccc(N(c3ccc(-c4ccc5sc6ccccc6c5c4)cc3)c3cccc4c3sc3ccc5ccccc5c34)cc2)cc1. The molecule has 1 nitrogen and oxygen atoms in total. The van der Waals surface area contributed by atoms with Crippen molar-refractivity contribution >= 4 is 90.9 Å². The lowest BCUT2D eigenvalue weighted by atomic mass is 10.0. The summed E-state index contributed by atoms with van der Waals surface area (Å²) in [6.07, 6.45) is 0. The third-order valence-electron chi connectivity index (χ3n) is 9.68. The number of rotatable bonds is 5. The van der Waals surface area contributed by atoms with E-state index in [-0.39, 0.29) is 0 Å². The van der Waals surface area contributed by atoms with Gasteiger partial charge in [0.2, 0.25) is 0 Å². The molecule has 0 atom stereocenters. The van der Waals surface area contributed by atoms with Crippen molar-refractivity contribution in [3.05, 3.63) is 176 Å². The summed E-state index contributed by atoms with van der Waals surface area (Å²) in [5.74, 6) is 0. The van der Waals surface area contributed by atoms with Gasteiger partial charge in [-0.2, -0.15) is 0 Å². The summed E-state index contributed by atoms with van der Waals surface area (Å²) >= 11 is 3.75. The molecule has 0 saturated heterocycles. The number of fused-ring (bicyclic) bond motifs is 8. The third-order valence-corrected chi connectivity index (χ3v) is 12.0. The summed E-state index contributed by atoms with van der Waals surface area (Å²) in [4.78, 5) is 2.42. The average molecular weight is 660 g/mol. The third kappa shape index (κ3) is 4.74. The van der Waals surface area contributed by atoms with Crippen LogP contribution in [-0.2, 0) is 0 Å². The van der Waals surface area contributed by atoms with Crippen LogP contribution in [0.25, 0.3) is 73.4 Å². The van der Waals surface area contributed by atoms with E-state index in [1.54, 1.807) is 0 Å². The van der Waals surface area contributed by atoms with Gasteiger partial charge in [-0.15, -0.1) is 22.7 Å². The first-order valence-corrected chi connectivity index (χ1v) is 18.2. The summed E-state index contributed by atoms with van der Waals surface area (Å²) in [7, 11) is 0. The first-order chi connectivity index (χ1) is 24.3. The van der Waals surface area contributed by atoms with Crippen molar-refractivity contribution in [2.45, 2.75) is 0 Å². The zero-order valence-corrected chi connectivity index (χ0v) is 28.1. The van der Waals surface area contributed by atoms with Crippen LogP contribution in [0.3, 0.4) is 0 Å². The predicted molar refractivity (Wildman–Crippen MR) is 215 cm³/mol. The van der Waals surface area contributed by atoms with E-state index in [2.05, 4.69) is 181 Å².